The highest BCUT2D eigenvalue weighted by Crippen LogP contribution is 2.37. The van der Waals surface area contributed by atoms with Crippen LogP contribution in [0.1, 0.15) is 64.5 Å². The second-order valence-corrected chi connectivity index (χ2v) is 10.5. The molecule has 1 aromatic heterocycles. The predicted octanol–water partition coefficient (Wildman–Crippen LogP) is 4.79. The summed E-state index contributed by atoms with van der Waals surface area (Å²) in [5.74, 6) is -0.396. The van der Waals surface area contributed by atoms with Gasteiger partial charge in [0.25, 0.3) is 5.56 Å². The van der Waals surface area contributed by atoms with Gasteiger partial charge in [-0.15, -0.1) is 0 Å². The van der Waals surface area contributed by atoms with Crippen LogP contribution < -0.4 is 15.8 Å². The highest BCUT2D eigenvalue weighted by atomic mass is 16.4. The molecule has 194 valence electrons. The van der Waals surface area contributed by atoms with Gasteiger partial charge < -0.3 is 20.4 Å². The normalized spacial score (nSPS) is 19.2. The molecule has 1 aliphatic heterocycles. The molecule has 1 fully saturated rings. The Bertz CT molecular complexity index is 1600. The van der Waals surface area contributed by atoms with Crippen molar-refractivity contribution in [2.45, 2.75) is 58.0 Å². The molecule has 6 rings (SSSR count). The molecule has 1 saturated carbocycles. The van der Waals surface area contributed by atoms with Gasteiger partial charge in [0.2, 0.25) is 5.95 Å². The van der Waals surface area contributed by atoms with Crippen molar-refractivity contribution in [1.29, 1.82) is 0 Å². The number of hydrogen-bond donors (Lipinski definition) is 3. The van der Waals surface area contributed by atoms with Crippen molar-refractivity contribution in [3.63, 3.8) is 0 Å². The standard InChI is InChI=1S/C30H30N4O4/c1-17-11-24(18(2)31-26-10-6-5-9-23(26)29(37)38)27-25(12-17)28(36)34(21-13-22(35)14-21)30(32-27)33-15-19-7-3-4-8-20(19)16-33/h3-12,18,21-22,31,35H,13-16H2,1-2H3,(H,37,38). The van der Waals surface area contributed by atoms with E-state index in [0.29, 0.717) is 48.5 Å². The minimum Gasteiger partial charge on any atom is -0.478 e. The van der Waals surface area contributed by atoms with Gasteiger partial charge in [-0.3, -0.25) is 9.36 Å². The number of rotatable bonds is 6. The molecule has 8 heteroatoms. The van der Waals surface area contributed by atoms with Crippen LogP contribution in [-0.2, 0) is 13.1 Å². The highest BCUT2D eigenvalue weighted by molar-refractivity contribution is 5.94. The van der Waals surface area contributed by atoms with Crippen LogP contribution >= 0.6 is 0 Å². The lowest BCUT2D eigenvalue weighted by atomic mass is 9.89. The Morgan fingerprint density at radius 3 is 2.37 bits per heavy atom. The van der Waals surface area contributed by atoms with E-state index in [4.69, 9.17) is 4.98 Å². The number of carboxylic acids is 1. The number of hydrogen-bond acceptors (Lipinski definition) is 6. The van der Waals surface area contributed by atoms with Gasteiger partial charge in [0.1, 0.15) is 0 Å². The number of anilines is 2. The lowest BCUT2D eigenvalue weighted by Gasteiger charge is -2.36. The Morgan fingerprint density at radius 2 is 1.71 bits per heavy atom. The van der Waals surface area contributed by atoms with Gasteiger partial charge in [-0.25, -0.2) is 9.78 Å². The van der Waals surface area contributed by atoms with Gasteiger partial charge in [0.05, 0.1) is 28.6 Å². The lowest BCUT2D eigenvalue weighted by molar-refractivity contribution is 0.0474. The predicted molar refractivity (Wildman–Crippen MR) is 147 cm³/mol. The van der Waals surface area contributed by atoms with Crippen LogP contribution in [0.4, 0.5) is 11.6 Å². The third-order valence-electron chi connectivity index (χ3n) is 7.73. The molecule has 3 N–H and O–H groups in total. The first kappa shape index (κ1) is 24.2. The molecule has 0 radical (unpaired) electrons. The number of nitrogens with one attached hydrogen (secondary N) is 1. The first-order valence-corrected chi connectivity index (χ1v) is 13.0. The summed E-state index contributed by atoms with van der Waals surface area (Å²) in [5, 5.41) is 23.6. The molecule has 8 nitrogen and oxygen atoms in total. The largest absolute Gasteiger partial charge is 0.478 e. The summed E-state index contributed by atoms with van der Waals surface area (Å²) in [6, 6.07) is 18.5. The number of aromatic nitrogens is 2. The van der Waals surface area contributed by atoms with Gasteiger partial charge in [0, 0.05) is 30.4 Å². The Morgan fingerprint density at radius 1 is 1.05 bits per heavy atom. The van der Waals surface area contributed by atoms with Crippen LogP contribution in [0.15, 0.2) is 65.5 Å². The second kappa shape index (κ2) is 9.29. The second-order valence-electron chi connectivity index (χ2n) is 10.5. The van der Waals surface area contributed by atoms with Crippen molar-refractivity contribution in [3.05, 3.63) is 98.8 Å². The van der Waals surface area contributed by atoms with E-state index in [2.05, 4.69) is 22.3 Å². The van der Waals surface area contributed by atoms with Crippen LogP contribution in [0, 0.1) is 6.92 Å². The average Bonchev–Trinajstić information content (AvgIpc) is 3.31. The van der Waals surface area contributed by atoms with Crippen molar-refractivity contribution in [2.24, 2.45) is 0 Å². The third-order valence-corrected chi connectivity index (χ3v) is 7.73. The number of aryl methyl sites for hydroxylation is 1. The summed E-state index contributed by atoms with van der Waals surface area (Å²) >= 11 is 0. The van der Waals surface area contributed by atoms with Crippen LogP contribution in [0.2, 0.25) is 0 Å². The van der Waals surface area contributed by atoms with Gasteiger partial charge in [0.15, 0.2) is 0 Å². The van der Waals surface area contributed by atoms with Crippen LogP contribution in [0.5, 0.6) is 0 Å². The molecular formula is C30H30N4O4. The van der Waals surface area contributed by atoms with E-state index < -0.39 is 12.1 Å². The monoisotopic (exact) mass is 510 g/mol. The summed E-state index contributed by atoms with van der Waals surface area (Å²) < 4.78 is 1.78. The maximum Gasteiger partial charge on any atom is 0.337 e. The van der Waals surface area contributed by atoms with Gasteiger partial charge in [-0.2, -0.15) is 0 Å². The first-order chi connectivity index (χ1) is 18.3. The molecule has 0 saturated heterocycles. The van der Waals surface area contributed by atoms with E-state index in [1.165, 1.54) is 11.1 Å². The number of aliphatic hydroxyl groups excluding tert-OH is 1. The molecule has 2 heterocycles. The molecule has 0 bridgehead atoms. The van der Waals surface area contributed by atoms with Crippen molar-refractivity contribution in [2.75, 3.05) is 10.2 Å². The van der Waals surface area contributed by atoms with Crippen molar-refractivity contribution in [3.8, 4) is 0 Å². The molecule has 0 spiro atoms. The molecule has 3 aromatic carbocycles. The first-order valence-electron chi connectivity index (χ1n) is 13.0. The maximum absolute atomic E-state index is 14.1. The van der Waals surface area contributed by atoms with Crippen LogP contribution in [-0.4, -0.2) is 31.8 Å². The average molecular weight is 511 g/mol. The fraction of sp³-hybridized carbons (Fsp3) is 0.300. The fourth-order valence-electron chi connectivity index (χ4n) is 5.70. The number of aliphatic hydroxyl groups is 1. The molecule has 4 aromatic rings. The Labute approximate surface area is 220 Å². The molecule has 2 aliphatic rings. The fourth-order valence-corrected chi connectivity index (χ4v) is 5.70. The van der Waals surface area contributed by atoms with Crippen molar-refractivity contribution in [1.82, 2.24) is 9.55 Å². The van der Waals surface area contributed by atoms with E-state index in [1.54, 1.807) is 28.8 Å². The number of aromatic carboxylic acids is 1. The zero-order valence-corrected chi connectivity index (χ0v) is 21.4. The molecule has 0 amide bonds. The Kier molecular flexibility index (Phi) is 5.91. The minimum absolute atomic E-state index is 0.102. The summed E-state index contributed by atoms with van der Waals surface area (Å²) in [7, 11) is 0. The summed E-state index contributed by atoms with van der Waals surface area (Å²) in [6.07, 6.45) is 0.658. The van der Waals surface area contributed by atoms with Crippen LogP contribution in [0.3, 0.4) is 0 Å². The molecule has 1 aliphatic carbocycles. The summed E-state index contributed by atoms with van der Waals surface area (Å²) in [5.41, 5.74) is 5.37. The Hall–Kier alpha value is -4.17. The maximum atomic E-state index is 14.1. The topological polar surface area (TPSA) is 108 Å². The van der Waals surface area contributed by atoms with E-state index in [1.807, 2.05) is 38.1 Å². The van der Waals surface area contributed by atoms with E-state index >= 15 is 0 Å². The number of benzene rings is 3. The zero-order valence-electron chi connectivity index (χ0n) is 21.4. The minimum atomic E-state index is -1.01. The quantitative estimate of drug-likeness (QED) is 0.342. The third kappa shape index (κ3) is 4.11. The molecule has 38 heavy (non-hydrogen) atoms. The number of carboxylic acid groups (broad SMARTS) is 1. The molecule has 1 atom stereocenters. The molecule has 1 unspecified atom stereocenters. The van der Waals surface area contributed by atoms with E-state index in [0.717, 1.165) is 11.1 Å². The zero-order chi connectivity index (χ0) is 26.6. The SMILES string of the molecule is Cc1cc(C(C)Nc2ccccc2C(=O)O)c2nc(N3Cc4ccccc4C3)n(C3CC(O)C3)c(=O)c2c1. The van der Waals surface area contributed by atoms with Gasteiger partial charge in [-0.1, -0.05) is 42.5 Å². The lowest BCUT2D eigenvalue weighted by Crippen LogP contribution is -2.40. The smallest absolute Gasteiger partial charge is 0.337 e. The summed E-state index contributed by atoms with van der Waals surface area (Å²) in [4.78, 5) is 33.1. The Balaban J connectivity index is 1.49. The van der Waals surface area contributed by atoms with E-state index in [-0.39, 0.29) is 23.2 Å². The van der Waals surface area contributed by atoms with Crippen molar-refractivity contribution >= 4 is 28.5 Å². The van der Waals surface area contributed by atoms with Gasteiger partial charge in [-0.05, 0) is 61.6 Å². The number of carbonyl (C=O) groups is 1. The number of para-hydroxylation sites is 1. The van der Waals surface area contributed by atoms with Crippen molar-refractivity contribution < 1.29 is 15.0 Å². The van der Waals surface area contributed by atoms with E-state index in [9.17, 15) is 19.8 Å². The highest BCUT2D eigenvalue weighted by Gasteiger charge is 2.34. The summed E-state index contributed by atoms with van der Waals surface area (Å²) in [6.45, 7) is 5.21. The number of nitrogens with zero attached hydrogens (tertiary/aromatic N) is 3. The van der Waals surface area contributed by atoms with Crippen LogP contribution in [0.25, 0.3) is 10.9 Å². The number of fused-ring (bicyclic) bond motifs is 2. The molecular weight excluding hydrogens is 480 g/mol. The van der Waals surface area contributed by atoms with Gasteiger partial charge >= 0.3 is 5.97 Å².